The summed E-state index contributed by atoms with van der Waals surface area (Å²) in [7, 11) is 0. The summed E-state index contributed by atoms with van der Waals surface area (Å²) >= 11 is 0. The molecule has 8 nitrogen and oxygen atoms in total. The van der Waals surface area contributed by atoms with E-state index in [0.29, 0.717) is 23.3 Å². The van der Waals surface area contributed by atoms with Gasteiger partial charge in [0.15, 0.2) is 11.5 Å². The zero-order chi connectivity index (χ0) is 26.7. The zero-order valence-corrected chi connectivity index (χ0v) is 21.0. The molecule has 6 aromatic heterocycles. The second-order valence-corrected chi connectivity index (χ2v) is 8.99. The molecule has 0 aliphatic carbocycles. The van der Waals surface area contributed by atoms with Crippen molar-refractivity contribution in [3.63, 3.8) is 0 Å². The Morgan fingerprint density at radius 3 is 1.32 bits per heavy atom. The first-order valence-corrected chi connectivity index (χ1v) is 12.6. The second kappa shape index (κ2) is 10.2. The molecule has 0 N–H and O–H groups in total. The average molecular weight is 521 g/mol. The van der Waals surface area contributed by atoms with E-state index in [1.165, 1.54) is 0 Å². The maximum atomic E-state index is 6.09. The van der Waals surface area contributed by atoms with Crippen molar-refractivity contribution >= 4 is 0 Å². The molecule has 0 aliphatic heterocycles. The molecule has 8 heteroatoms. The highest BCUT2D eigenvalue weighted by atomic mass is 16.4. The van der Waals surface area contributed by atoms with Crippen molar-refractivity contribution in [2.24, 2.45) is 0 Å². The number of hydrogen-bond donors (Lipinski definition) is 0. The molecule has 0 unspecified atom stereocenters. The summed E-state index contributed by atoms with van der Waals surface area (Å²) in [6.07, 6.45) is 14.0. The molecule has 1 aromatic carbocycles. The van der Waals surface area contributed by atoms with Crippen molar-refractivity contribution in [3.8, 4) is 68.1 Å². The molecule has 0 saturated carbocycles. The Labute approximate surface area is 229 Å². The zero-order valence-electron chi connectivity index (χ0n) is 21.0. The summed E-state index contributed by atoms with van der Waals surface area (Å²) in [4.78, 5) is 26.4. The smallest absolute Gasteiger partial charge is 0.226 e. The van der Waals surface area contributed by atoms with E-state index in [-0.39, 0.29) is 0 Å². The highest BCUT2D eigenvalue weighted by Gasteiger charge is 2.14. The van der Waals surface area contributed by atoms with E-state index in [9.17, 15) is 0 Å². The lowest BCUT2D eigenvalue weighted by Gasteiger charge is -2.02. The monoisotopic (exact) mass is 520 g/mol. The molecule has 0 amide bonds. The van der Waals surface area contributed by atoms with E-state index >= 15 is 0 Å². The Hall–Kier alpha value is -5.76. The molecule has 0 saturated heterocycles. The summed E-state index contributed by atoms with van der Waals surface area (Å²) in [5.74, 6) is 2.25. The Balaban J connectivity index is 1.10. The molecular formula is C32H20N6O2. The van der Waals surface area contributed by atoms with Gasteiger partial charge in [-0.2, -0.15) is 0 Å². The van der Waals surface area contributed by atoms with E-state index < -0.39 is 0 Å². The Bertz CT molecular complexity index is 1740. The predicted octanol–water partition coefficient (Wildman–Crippen LogP) is 7.24. The van der Waals surface area contributed by atoms with Gasteiger partial charge in [0.25, 0.3) is 0 Å². The van der Waals surface area contributed by atoms with E-state index in [1.54, 1.807) is 49.6 Å². The van der Waals surface area contributed by atoms with Crippen molar-refractivity contribution in [1.29, 1.82) is 0 Å². The Morgan fingerprint density at radius 1 is 0.400 bits per heavy atom. The molecule has 40 heavy (non-hydrogen) atoms. The van der Waals surface area contributed by atoms with E-state index in [2.05, 4.69) is 29.9 Å². The van der Waals surface area contributed by atoms with Crippen LogP contribution in [0.5, 0.6) is 0 Å². The van der Waals surface area contributed by atoms with Crippen LogP contribution in [0.4, 0.5) is 0 Å². The van der Waals surface area contributed by atoms with Gasteiger partial charge in [-0.25, -0.2) is 9.97 Å². The average Bonchev–Trinajstić information content (AvgIpc) is 3.74. The first kappa shape index (κ1) is 23.4. The summed E-state index contributed by atoms with van der Waals surface area (Å²) in [6.45, 7) is 0. The summed E-state index contributed by atoms with van der Waals surface area (Å²) in [6, 6.07) is 23.3. The van der Waals surface area contributed by atoms with Crippen LogP contribution in [0.1, 0.15) is 0 Å². The standard InChI is InChI=1S/C32H20N6O2/c1-4-21(31-37-19-29(39-31)25-8-10-27(35-17-25)23-6-2-12-33-15-23)14-22(5-1)32-38-20-30(40-32)26-9-11-28(36-18-26)24-7-3-13-34-16-24/h1-20H. The van der Waals surface area contributed by atoms with Crippen LogP contribution in [0.15, 0.2) is 131 Å². The van der Waals surface area contributed by atoms with Gasteiger partial charge in [-0.3, -0.25) is 19.9 Å². The lowest BCUT2D eigenvalue weighted by Crippen LogP contribution is -1.85. The minimum absolute atomic E-state index is 0.496. The first-order valence-electron chi connectivity index (χ1n) is 12.6. The number of benzene rings is 1. The fourth-order valence-electron chi connectivity index (χ4n) is 4.32. The third-order valence-electron chi connectivity index (χ3n) is 6.38. The molecule has 7 aromatic rings. The van der Waals surface area contributed by atoms with E-state index in [4.69, 9.17) is 8.83 Å². The maximum absolute atomic E-state index is 6.09. The Morgan fingerprint density at radius 2 is 0.900 bits per heavy atom. The molecule has 0 bridgehead atoms. The van der Waals surface area contributed by atoms with Crippen LogP contribution in [-0.2, 0) is 0 Å². The molecule has 0 atom stereocenters. The van der Waals surface area contributed by atoms with Crippen LogP contribution in [0.2, 0.25) is 0 Å². The van der Waals surface area contributed by atoms with Crippen LogP contribution >= 0.6 is 0 Å². The summed E-state index contributed by atoms with van der Waals surface area (Å²) in [5.41, 5.74) is 6.89. The fourth-order valence-corrected chi connectivity index (χ4v) is 4.32. The number of hydrogen-bond acceptors (Lipinski definition) is 8. The van der Waals surface area contributed by atoms with Gasteiger partial charge in [0.05, 0.1) is 23.8 Å². The van der Waals surface area contributed by atoms with Gasteiger partial charge in [-0.1, -0.05) is 6.07 Å². The first-order chi connectivity index (χ1) is 19.8. The third kappa shape index (κ3) is 4.65. The number of nitrogens with zero attached hydrogens (tertiary/aromatic N) is 6. The second-order valence-electron chi connectivity index (χ2n) is 8.99. The van der Waals surface area contributed by atoms with Gasteiger partial charge in [0.1, 0.15) is 0 Å². The molecule has 0 fully saturated rings. The summed E-state index contributed by atoms with van der Waals surface area (Å²) in [5, 5.41) is 0. The summed E-state index contributed by atoms with van der Waals surface area (Å²) < 4.78 is 12.2. The molecule has 0 aliphatic rings. The molecule has 7 rings (SSSR count). The van der Waals surface area contributed by atoms with Crippen molar-refractivity contribution in [2.75, 3.05) is 0 Å². The van der Waals surface area contributed by atoms with Crippen LogP contribution in [0.25, 0.3) is 68.1 Å². The predicted molar refractivity (Wildman–Crippen MR) is 150 cm³/mol. The molecule has 190 valence electrons. The Kier molecular flexibility index (Phi) is 5.95. The lowest BCUT2D eigenvalue weighted by atomic mass is 10.1. The number of oxazole rings is 2. The SMILES string of the molecule is c1cncc(-c2ccc(-c3cnc(-c4cccc(-c5ncc(-c6ccc(-c7cccnc7)nc6)o5)c4)o3)cn2)c1. The van der Waals surface area contributed by atoms with E-state index in [0.717, 1.165) is 44.8 Å². The van der Waals surface area contributed by atoms with Crippen LogP contribution in [0, 0.1) is 0 Å². The van der Waals surface area contributed by atoms with Crippen molar-refractivity contribution < 1.29 is 8.83 Å². The minimum Gasteiger partial charge on any atom is -0.436 e. The van der Waals surface area contributed by atoms with Gasteiger partial charge >= 0.3 is 0 Å². The highest BCUT2D eigenvalue weighted by molar-refractivity contribution is 5.69. The van der Waals surface area contributed by atoms with Crippen LogP contribution < -0.4 is 0 Å². The fraction of sp³-hybridized carbons (Fsp3) is 0. The largest absolute Gasteiger partial charge is 0.436 e. The number of rotatable bonds is 6. The molecular weight excluding hydrogens is 500 g/mol. The van der Waals surface area contributed by atoms with Gasteiger partial charge < -0.3 is 8.83 Å². The maximum Gasteiger partial charge on any atom is 0.226 e. The number of aromatic nitrogens is 6. The lowest BCUT2D eigenvalue weighted by molar-refractivity contribution is 0.586. The molecule has 0 radical (unpaired) electrons. The number of pyridine rings is 4. The van der Waals surface area contributed by atoms with Crippen molar-refractivity contribution in [3.05, 3.63) is 122 Å². The van der Waals surface area contributed by atoms with Gasteiger partial charge in [0, 0.05) is 70.6 Å². The molecule has 0 spiro atoms. The minimum atomic E-state index is 0.496. The van der Waals surface area contributed by atoms with Gasteiger partial charge in [-0.05, 0) is 66.7 Å². The highest BCUT2D eigenvalue weighted by Crippen LogP contribution is 2.31. The third-order valence-corrected chi connectivity index (χ3v) is 6.38. The van der Waals surface area contributed by atoms with E-state index in [1.807, 2.05) is 72.8 Å². The van der Waals surface area contributed by atoms with Crippen molar-refractivity contribution in [1.82, 2.24) is 29.9 Å². The van der Waals surface area contributed by atoms with Crippen molar-refractivity contribution in [2.45, 2.75) is 0 Å². The van der Waals surface area contributed by atoms with Gasteiger partial charge in [0.2, 0.25) is 11.8 Å². The quantitative estimate of drug-likeness (QED) is 0.226. The topological polar surface area (TPSA) is 104 Å². The van der Waals surface area contributed by atoms with Crippen LogP contribution in [-0.4, -0.2) is 29.9 Å². The van der Waals surface area contributed by atoms with Crippen LogP contribution in [0.3, 0.4) is 0 Å². The molecule has 6 heterocycles. The normalized spacial score (nSPS) is 11.0. The van der Waals surface area contributed by atoms with Gasteiger partial charge in [-0.15, -0.1) is 0 Å².